The van der Waals surface area contributed by atoms with E-state index in [9.17, 15) is 4.79 Å². The van der Waals surface area contributed by atoms with E-state index in [1.807, 2.05) is 0 Å². The Morgan fingerprint density at radius 1 is 1.17 bits per heavy atom. The molecule has 6 heteroatoms. The summed E-state index contributed by atoms with van der Waals surface area (Å²) in [6, 6.07) is 0. The summed E-state index contributed by atoms with van der Waals surface area (Å²) in [5, 5.41) is 27.2. The van der Waals surface area contributed by atoms with Gasteiger partial charge in [0.1, 0.15) is 12.2 Å². The smallest absolute Gasteiger partial charge is 0.338 e. The minimum atomic E-state index is -1.40. The number of hydrogen-bond acceptors (Lipinski definition) is 6. The summed E-state index contributed by atoms with van der Waals surface area (Å²) in [7, 11) is 0. The molecular weight excluding hydrogens is 168 g/mol. The van der Waals surface area contributed by atoms with Crippen molar-refractivity contribution in [3.05, 3.63) is 0 Å². The van der Waals surface area contributed by atoms with Gasteiger partial charge in [0.15, 0.2) is 18.5 Å². The van der Waals surface area contributed by atoms with Gasteiger partial charge >= 0.3 is 5.97 Å². The lowest BCUT2D eigenvalue weighted by Crippen LogP contribution is -2.32. The second-order valence-electron chi connectivity index (χ2n) is 2.83. The zero-order chi connectivity index (χ0) is 8.88. The first-order chi connectivity index (χ1) is 5.61. The number of carbonyl (C=O) groups is 1. The molecule has 2 aliphatic rings. The minimum Gasteiger partial charge on any atom is -0.454 e. The maximum absolute atomic E-state index is 10.7. The van der Waals surface area contributed by atoms with Crippen molar-refractivity contribution in [2.24, 2.45) is 0 Å². The van der Waals surface area contributed by atoms with E-state index in [-0.39, 0.29) is 0 Å². The van der Waals surface area contributed by atoms with Crippen LogP contribution in [-0.4, -0.2) is 52.0 Å². The van der Waals surface area contributed by atoms with E-state index < -0.39 is 36.7 Å². The summed E-state index contributed by atoms with van der Waals surface area (Å²) < 4.78 is 9.25. The van der Waals surface area contributed by atoms with Gasteiger partial charge in [0.2, 0.25) is 0 Å². The van der Waals surface area contributed by atoms with Gasteiger partial charge in [-0.2, -0.15) is 0 Å². The minimum absolute atomic E-state index is 0.823. The quantitative estimate of drug-likeness (QED) is 0.349. The van der Waals surface area contributed by atoms with E-state index in [0.29, 0.717) is 0 Å². The van der Waals surface area contributed by atoms with Gasteiger partial charge in [-0.1, -0.05) is 0 Å². The molecule has 2 aliphatic heterocycles. The molecule has 0 radical (unpaired) electrons. The summed E-state index contributed by atoms with van der Waals surface area (Å²) >= 11 is 0. The Bertz CT molecular complexity index is 216. The molecule has 5 atom stereocenters. The number of rotatable bonds is 0. The predicted octanol–water partition coefficient (Wildman–Crippen LogP) is -2.65. The third kappa shape index (κ3) is 0.862. The normalized spacial score (nSPS) is 52.2. The van der Waals surface area contributed by atoms with Gasteiger partial charge in [0.25, 0.3) is 0 Å². The monoisotopic (exact) mass is 176 g/mol. The Labute approximate surface area is 67.3 Å². The topological polar surface area (TPSA) is 96.2 Å². The Balaban J connectivity index is 2.19. The standard InChI is InChI=1S/C6H8O6/c7-1-3-4(12-5(1)9)2(8)6(10)11-3/h1-5,7-9H/t1?,2-,3?,4-,5+/m1/s1. The van der Waals surface area contributed by atoms with Crippen LogP contribution in [-0.2, 0) is 14.3 Å². The summed E-state index contributed by atoms with van der Waals surface area (Å²) in [6.45, 7) is 0. The molecule has 2 unspecified atom stereocenters. The van der Waals surface area contributed by atoms with Crippen LogP contribution < -0.4 is 0 Å². The molecule has 2 heterocycles. The fraction of sp³-hybridized carbons (Fsp3) is 0.833. The fourth-order valence-electron chi connectivity index (χ4n) is 1.40. The van der Waals surface area contributed by atoms with Crippen molar-refractivity contribution >= 4 is 5.97 Å². The Kier molecular flexibility index (Phi) is 1.58. The molecule has 0 spiro atoms. The predicted molar refractivity (Wildman–Crippen MR) is 32.8 cm³/mol. The highest BCUT2D eigenvalue weighted by Gasteiger charge is 2.56. The van der Waals surface area contributed by atoms with Gasteiger partial charge in [-0.3, -0.25) is 0 Å². The summed E-state index contributed by atoms with van der Waals surface area (Å²) in [4.78, 5) is 10.7. The number of fused-ring (bicyclic) bond motifs is 1. The first-order valence-corrected chi connectivity index (χ1v) is 3.51. The van der Waals surface area contributed by atoms with E-state index in [0.717, 1.165) is 0 Å². The van der Waals surface area contributed by atoms with Crippen LogP contribution >= 0.6 is 0 Å². The van der Waals surface area contributed by atoms with Gasteiger partial charge in [0.05, 0.1) is 0 Å². The van der Waals surface area contributed by atoms with Crippen LogP contribution in [0.15, 0.2) is 0 Å². The molecule has 6 nitrogen and oxygen atoms in total. The second-order valence-corrected chi connectivity index (χ2v) is 2.83. The Hall–Kier alpha value is -0.690. The first-order valence-electron chi connectivity index (χ1n) is 3.51. The molecule has 0 amide bonds. The van der Waals surface area contributed by atoms with Crippen LogP contribution in [0.4, 0.5) is 0 Å². The van der Waals surface area contributed by atoms with Crippen LogP contribution in [0.5, 0.6) is 0 Å². The summed E-state index contributed by atoms with van der Waals surface area (Å²) in [5.41, 5.74) is 0. The van der Waals surface area contributed by atoms with Crippen molar-refractivity contribution in [3.8, 4) is 0 Å². The van der Waals surface area contributed by atoms with Crippen molar-refractivity contribution < 1.29 is 29.6 Å². The molecule has 0 aromatic heterocycles. The lowest BCUT2D eigenvalue weighted by atomic mass is 10.1. The molecule has 3 N–H and O–H groups in total. The van der Waals surface area contributed by atoms with Gasteiger partial charge < -0.3 is 24.8 Å². The van der Waals surface area contributed by atoms with E-state index >= 15 is 0 Å². The van der Waals surface area contributed by atoms with Crippen molar-refractivity contribution in [1.29, 1.82) is 0 Å². The summed E-state index contributed by atoms with van der Waals surface area (Å²) in [6.07, 6.45) is -5.94. The zero-order valence-corrected chi connectivity index (χ0v) is 5.95. The number of hydrogen-bond donors (Lipinski definition) is 3. The highest BCUT2D eigenvalue weighted by atomic mass is 16.7. The van der Waals surface area contributed by atoms with Crippen LogP contribution in [0.1, 0.15) is 0 Å². The molecular formula is C6H8O6. The maximum Gasteiger partial charge on any atom is 0.338 e. The number of esters is 1. The molecule has 68 valence electrons. The molecule has 2 rings (SSSR count). The van der Waals surface area contributed by atoms with Crippen molar-refractivity contribution in [2.45, 2.75) is 30.7 Å². The zero-order valence-electron chi connectivity index (χ0n) is 5.95. The third-order valence-corrected chi connectivity index (χ3v) is 2.05. The molecule has 0 saturated carbocycles. The van der Waals surface area contributed by atoms with Gasteiger partial charge in [-0.15, -0.1) is 0 Å². The van der Waals surface area contributed by atoms with Gasteiger partial charge in [-0.25, -0.2) is 4.79 Å². The Morgan fingerprint density at radius 2 is 1.83 bits per heavy atom. The van der Waals surface area contributed by atoms with Crippen LogP contribution in [0.2, 0.25) is 0 Å². The lowest BCUT2D eigenvalue weighted by Gasteiger charge is -2.10. The number of aliphatic hydroxyl groups is 3. The molecule has 0 aromatic rings. The van der Waals surface area contributed by atoms with Crippen molar-refractivity contribution in [2.75, 3.05) is 0 Å². The van der Waals surface area contributed by atoms with E-state index in [1.165, 1.54) is 0 Å². The Morgan fingerprint density at radius 3 is 2.42 bits per heavy atom. The van der Waals surface area contributed by atoms with E-state index in [2.05, 4.69) is 9.47 Å². The molecule has 0 aromatic carbocycles. The second kappa shape index (κ2) is 2.40. The highest BCUT2D eigenvalue weighted by Crippen LogP contribution is 2.30. The van der Waals surface area contributed by atoms with Crippen molar-refractivity contribution in [1.82, 2.24) is 0 Å². The van der Waals surface area contributed by atoms with Crippen LogP contribution in [0.3, 0.4) is 0 Å². The molecule has 0 aliphatic carbocycles. The summed E-state index contributed by atoms with van der Waals surface area (Å²) in [5.74, 6) is -0.823. The van der Waals surface area contributed by atoms with Crippen LogP contribution in [0.25, 0.3) is 0 Å². The third-order valence-electron chi connectivity index (χ3n) is 2.05. The van der Waals surface area contributed by atoms with Crippen molar-refractivity contribution in [3.63, 3.8) is 0 Å². The van der Waals surface area contributed by atoms with E-state index in [1.54, 1.807) is 0 Å². The average molecular weight is 176 g/mol. The van der Waals surface area contributed by atoms with Crippen LogP contribution in [0, 0.1) is 0 Å². The average Bonchev–Trinajstić information content (AvgIpc) is 2.43. The first kappa shape index (κ1) is 7.93. The van der Waals surface area contributed by atoms with E-state index in [4.69, 9.17) is 15.3 Å². The largest absolute Gasteiger partial charge is 0.454 e. The number of ether oxygens (including phenoxy) is 2. The lowest BCUT2D eigenvalue weighted by molar-refractivity contribution is -0.168. The highest BCUT2D eigenvalue weighted by molar-refractivity contribution is 5.78. The molecule has 0 bridgehead atoms. The molecule has 2 fully saturated rings. The maximum atomic E-state index is 10.7. The fourth-order valence-corrected chi connectivity index (χ4v) is 1.40. The van der Waals surface area contributed by atoms with Gasteiger partial charge in [0, 0.05) is 0 Å². The number of aliphatic hydroxyl groups excluding tert-OH is 3. The SMILES string of the molecule is O=C1OC2C(O)[C@@H](O)O[C@@H]2[C@H]1O. The molecule has 2 saturated heterocycles. The molecule has 12 heavy (non-hydrogen) atoms. The number of carbonyl (C=O) groups excluding carboxylic acids is 1. The van der Waals surface area contributed by atoms with Gasteiger partial charge in [-0.05, 0) is 0 Å².